The number of aryl methyl sites for hydroxylation is 2. The van der Waals surface area contributed by atoms with Crippen LogP contribution in [0.2, 0.25) is 0 Å². The highest BCUT2D eigenvalue weighted by atomic mass is 31.2. The van der Waals surface area contributed by atoms with Gasteiger partial charge in [-0.1, -0.05) is 62.6 Å². The molecule has 2 aromatic carbocycles. The Labute approximate surface area is 180 Å². The van der Waals surface area contributed by atoms with E-state index in [9.17, 15) is 14.2 Å². The summed E-state index contributed by atoms with van der Waals surface area (Å²) in [6.07, 6.45) is 3.54. The summed E-state index contributed by atoms with van der Waals surface area (Å²) in [5.74, 6) is -0.578. The first-order chi connectivity index (χ1) is 14.2. The van der Waals surface area contributed by atoms with Crippen LogP contribution in [0.4, 0.5) is 0 Å². The minimum atomic E-state index is -3.70. The van der Waals surface area contributed by atoms with Crippen LogP contribution in [-0.4, -0.2) is 24.3 Å². The summed E-state index contributed by atoms with van der Waals surface area (Å²) in [5, 5.41) is 0.398. The Bertz CT molecular complexity index is 947. The summed E-state index contributed by atoms with van der Waals surface area (Å²) >= 11 is 0. The summed E-state index contributed by atoms with van der Waals surface area (Å²) in [6, 6.07) is 10.6. The fourth-order valence-electron chi connectivity index (χ4n) is 3.69. The highest BCUT2D eigenvalue weighted by Gasteiger charge is 2.39. The van der Waals surface area contributed by atoms with E-state index in [0.717, 1.165) is 47.9 Å². The zero-order chi connectivity index (χ0) is 22.3. The molecule has 0 spiro atoms. The molecule has 0 saturated heterocycles. The Morgan fingerprint density at radius 3 is 2.20 bits per heavy atom. The van der Waals surface area contributed by atoms with Crippen LogP contribution in [-0.2, 0) is 14.1 Å². The molecule has 2 aromatic rings. The smallest absolute Gasteiger partial charge is 0.314 e. The Balaban J connectivity index is 2.37. The van der Waals surface area contributed by atoms with Gasteiger partial charge in [0, 0.05) is 10.9 Å². The molecule has 2 rings (SSSR count). The molecular formula is C25H33O4P. The fraction of sp³-hybridized carbons (Fsp3) is 0.440. The van der Waals surface area contributed by atoms with Gasteiger partial charge in [0.15, 0.2) is 7.14 Å². The molecule has 0 saturated carbocycles. The standard InChI is InChI=1S/C25H33O4P/c1-6-7-8-12-15-29-23(26)17-30(28,22-13-10-9-11-14-22)25(27)24-19(3)16-18(2)20(4)21(24)5/h9-11,13-14,16H,6-8,12,15,17H2,1-5H3. The van der Waals surface area contributed by atoms with E-state index in [0.29, 0.717) is 17.5 Å². The van der Waals surface area contributed by atoms with Crippen molar-refractivity contribution in [1.29, 1.82) is 0 Å². The third kappa shape index (κ3) is 5.49. The lowest BCUT2D eigenvalue weighted by atomic mass is 9.95. The van der Waals surface area contributed by atoms with Gasteiger partial charge in [0.2, 0.25) is 5.52 Å². The predicted octanol–water partition coefficient (Wildman–Crippen LogP) is 5.87. The van der Waals surface area contributed by atoms with Gasteiger partial charge in [-0.15, -0.1) is 0 Å². The number of esters is 1. The monoisotopic (exact) mass is 428 g/mol. The molecular weight excluding hydrogens is 395 g/mol. The van der Waals surface area contributed by atoms with Gasteiger partial charge < -0.3 is 9.30 Å². The number of benzene rings is 2. The van der Waals surface area contributed by atoms with Crippen LogP contribution in [0.1, 0.15) is 65.2 Å². The topological polar surface area (TPSA) is 60.4 Å². The molecule has 0 aliphatic heterocycles. The van der Waals surface area contributed by atoms with Gasteiger partial charge in [-0.3, -0.25) is 9.59 Å². The zero-order valence-electron chi connectivity index (χ0n) is 18.8. The molecule has 0 amide bonds. The Kier molecular flexibility index (Phi) is 8.61. The molecule has 0 bridgehead atoms. The van der Waals surface area contributed by atoms with Gasteiger partial charge in [-0.25, -0.2) is 0 Å². The highest BCUT2D eigenvalue weighted by molar-refractivity contribution is 7.88. The summed E-state index contributed by atoms with van der Waals surface area (Å²) in [4.78, 5) is 26.2. The van der Waals surface area contributed by atoms with Crippen LogP contribution in [0.3, 0.4) is 0 Å². The summed E-state index contributed by atoms with van der Waals surface area (Å²) < 4.78 is 19.4. The molecule has 0 aliphatic rings. The maximum atomic E-state index is 14.1. The average molecular weight is 429 g/mol. The molecule has 0 N–H and O–H groups in total. The molecule has 0 fully saturated rings. The van der Waals surface area contributed by atoms with Gasteiger partial charge >= 0.3 is 5.97 Å². The van der Waals surface area contributed by atoms with Crippen LogP contribution in [0.5, 0.6) is 0 Å². The SMILES string of the molecule is CCCCCCOC(=O)CP(=O)(C(=O)c1c(C)cc(C)c(C)c1C)c1ccccc1. The van der Waals surface area contributed by atoms with Crippen LogP contribution in [0.15, 0.2) is 36.4 Å². The summed E-state index contributed by atoms with van der Waals surface area (Å²) in [5.41, 5.74) is 3.69. The van der Waals surface area contributed by atoms with E-state index in [4.69, 9.17) is 4.74 Å². The number of rotatable bonds is 10. The largest absolute Gasteiger partial charge is 0.465 e. The summed E-state index contributed by atoms with van der Waals surface area (Å²) in [7, 11) is -3.70. The second kappa shape index (κ2) is 10.7. The predicted molar refractivity (Wildman–Crippen MR) is 123 cm³/mol. The van der Waals surface area contributed by atoms with Crippen molar-refractivity contribution in [3.05, 3.63) is 64.2 Å². The quantitative estimate of drug-likeness (QED) is 0.270. The molecule has 1 unspecified atom stereocenters. The van der Waals surface area contributed by atoms with Gasteiger partial charge in [0.05, 0.1) is 6.61 Å². The minimum absolute atomic E-state index is 0.295. The molecule has 4 nitrogen and oxygen atoms in total. The van der Waals surface area contributed by atoms with Crippen LogP contribution >= 0.6 is 7.14 Å². The molecule has 1 atom stereocenters. The average Bonchev–Trinajstić information content (AvgIpc) is 2.72. The van der Waals surface area contributed by atoms with Gasteiger partial charge in [-0.2, -0.15) is 0 Å². The minimum Gasteiger partial charge on any atom is -0.465 e. The zero-order valence-corrected chi connectivity index (χ0v) is 19.7. The third-order valence-electron chi connectivity index (χ3n) is 5.68. The second-order valence-electron chi connectivity index (χ2n) is 7.96. The Morgan fingerprint density at radius 2 is 1.57 bits per heavy atom. The van der Waals surface area contributed by atoms with Crippen molar-refractivity contribution >= 4 is 23.9 Å². The van der Waals surface area contributed by atoms with Crippen LogP contribution in [0.25, 0.3) is 0 Å². The Hall–Kier alpha value is -2.19. The van der Waals surface area contributed by atoms with E-state index in [2.05, 4.69) is 6.92 Å². The lowest BCUT2D eigenvalue weighted by Crippen LogP contribution is -2.23. The number of carbonyl (C=O) groups excluding carboxylic acids is 2. The van der Waals surface area contributed by atoms with Crippen molar-refractivity contribution in [1.82, 2.24) is 0 Å². The van der Waals surface area contributed by atoms with E-state index in [1.165, 1.54) is 0 Å². The van der Waals surface area contributed by atoms with Crippen molar-refractivity contribution in [2.45, 2.75) is 60.3 Å². The van der Waals surface area contributed by atoms with E-state index in [1.807, 2.05) is 33.8 Å². The maximum Gasteiger partial charge on any atom is 0.314 e. The number of carbonyl (C=O) groups is 2. The first-order valence-corrected chi connectivity index (χ1v) is 12.5. The Morgan fingerprint density at radius 1 is 0.900 bits per heavy atom. The number of hydrogen-bond donors (Lipinski definition) is 0. The van der Waals surface area contributed by atoms with Crippen LogP contribution in [0, 0.1) is 27.7 Å². The fourth-order valence-corrected chi connectivity index (χ4v) is 6.06. The van der Waals surface area contributed by atoms with Crippen molar-refractivity contribution in [3.63, 3.8) is 0 Å². The van der Waals surface area contributed by atoms with Gasteiger partial charge in [0.1, 0.15) is 6.16 Å². The molecule has 30 heavy (non-hydrogen) atoms. The molecule has 5 heteroatoms. The third-order valence-corrected chi connectivity index (χ3v) is 8.40. The highest BCUT2D eigenvalue weighted by Crippen LogP contribution is 2.49. The lowest BCUT2D eigenvalue weighted by Gasteiger charge is -2.21. The van der Waals surface area contributed by atoms with Crippen molar-refractivity contribution < 1.29 is 18.9 Å². The number of ether oxygens (including phenoxy) is 1. The normalized spacial score (nSPS) is 13.0. The van der Waals surface area contributed by atoms with Crippen LogP contribution < -0.4 is 5.30 Å². The van der Waals surface area contributed by atoms with E-state index >= 15 is 0 Å². The van der Waals surface area contributed by atoms with Crippen molar-refractivity contribution in [2.75, 3.05) is 12.8 Å². The van der Waals surface area contributed by atoms with E-state index in [-0.39, 0.29) is 0 Å². The molecule has 0 radical (unpaired) electrons. The summed E-state index contributed by atoms with van der Waals surface area (Å²) in [6.45, 7) is 10.1. The first kappa shape index (κ1) is 24.1. The van der Waals surface area contributed by atoms with E-state index in [1.54, 1.807) is 30.3 Å². The second-order valence-corrected chi connectivity index (χ2v) is 10.7. The molecule has 0 heterocycles. The van der Waals surface area contributed by atoms with E-state index < -0.39 is 24.8 Å². The first-order valence-electron chi connectivity index (χ1n) is 10.6. The molecule has 0 aromatic heterocycles. The maximum absolute atomic E-state index is 14.1. The van der Waals surface area contributed by atoms with Gasteiger partial charge in [-0.05, 0) is 56.4 Å². The molecule has 162 valence electrons. The number of hydrogen-bond acceptors (Lipinski definition) is 4. The van der Waals surface area contributed by atoms with Gasteiger partial charge in [0.25, 0.3) is 0 Å². The number of unbranched alkanes of at least 4 members (excludes halogenated alkanes) is 3. The van der Waals surface area contributed by atoms with Crippen molar-refractivity contribution in [2.24, 2.45) is 0 Å². The lowest BCUT2D eigenvalue weighted by molar-refractivity contribution is -0.140. The molecule has 0 aliphatic carbocycles. The van der Waals surface area contributed by atoms with Crippen molar-refractivity contribution in [3.8, 4) is 0 Å².